The zero-order valence-corrected chi connectivity index (χ0v) is 9.70. The number of aliphatic hydroxyl groups is 1. The Labute approximate surface area is 90.6 Å². The quantitative estimate of drug-likeness (QED) is 0.710. The van der Waals surface area contributed by atoms with E-state index in [9.17, 15) is 8.42 Å². The molecule has 1 unspecified atom stereocenters. The van der Waals surface area contributed by atoms with Crippen molar-refractivity contribution in [2.24, 2.45) is 5.41 Å². The summed E-state index contributed by atoms with van der Waals surface area (Å²) in [5.41, 5.74) is -0.124. The fourth-order valence-corrected chi connectivity index (χ4v) is 4.31. The van der Waals surface area contributed by atoms with Crippen LogP contribution >= 0.6 is 0 Å². The van der Waals surface area contributed by atoms with Gasteiger partial charge in [-0.25, -0.2) is 8.42 Å². The van der Waals surface area contributed by atoms with Crippen molar-refractivity contribution < 1.29 is 13.5 Å². The third-order valence-corrected chi connectivity index (χ3v) is 5.87. The first kappa shape index (κ1) is 11.1. The third kappa shape index (κ3) is 1.73. The van der Waals surface area contributed by atoms with Crippen molar-refractivity contribution in [2.45, 2.75) is 31.1 Å². The number of rotatable bonds is 4. The zero-order chi connectivity index (χ0) is 11.3. The summed E-state index contributed by atoms with van der Waals surface area (Å²) >= 11 is 0. The van der Waals surface area contributed by atoms with Crippen LogP contribution in [0.5, 0.6) is 0 Å². The molecule has 0 aromatic rings. The largest absolute Gasteiger partial charge is 0.390 e. The lowest BCUT2D eigenvalue weighted by Crippen LogP contribution is -2.56. The van der Waals surface area contributed by atoms with E-state index in [1.807, 2.05) is 6.92 Å². The average Bonchev–Trinajstić information content (AvgIpc) is 2.79. The molecule has 0 aromatic carbocycles. The van der Waals surface area contributed by atoms with Gasteiger partial charge in [-0.05, 0) is 18.3 Å². The Morgan fingerprint density at radius 1 is 1.53 bits per heavy atom. The van der Waals surface area contributed by atoms with Crippen molar-refractivity contribution in [1.29, 1.82) is 0 Å². The van der Waals surface area contributed by atoms with Gasteiger partial charge in [0.2, 0.25) is 10.0 Å². The Kier molecular flexibility index (Phi) is 2.44. The molecule has 4 nitrogen and oxygen atoms in total. The molecule has 1 aliphatic heterocycles. The van der Waals surface area contributed by atoms with Crippen molar-refractivity contribution in [3.05, 3.63) is 12.7 Å². The van der Waals surface area contributed by atoms with Gasteiger partial charge in [-0.1, -0.05) is 13.0 Å². The van der Waals surface area contributed by atoms with Gasteiger partial charge in [-0.3, -0.25) is 0 Å². The van der Waals surface area contributed by atoms with E-state index < -0.39 is 21.4 Å². The van der Waals surface area contributed by atoms with E-state index in [0.717, 1.165) is 12.8 Å². The maximum atomic E-state index is 12.1. The highest BCUT2D eigenvalue weighted by atomic mass is 32.2. The molecule has 0 aromatic heterocycles. The van der Waals surface area contributed by atoms with Crippen molar-refractivity contribution in [2.75, 3.05) is 13.1 Å². The first-order valence-electron chi connectivity index (χ1n) is 5.20. The molecule has 1 N–H and O–H groups in total. The summed E-state index contributed by atoms with van der Waals surface area (Å²) in [7, 11) is -3.29. The molecular formula is C10H17NO3S. The second-order valence-electron chi connectivity index (χ2n) is 4.83. The number of aliphatic hydroxyl groups excluding tert-OH is 1. The van der Waals surface area contributed by atoms with Crippen LogP contribution in [0.4, 0.5) is 0 Å². The number of nitrogens with zero attached hydrogens (tertiary/aromatic N) is 1. The van der Waals surface area contributed by atoms with Crippen LogP contribution in [0.25, 0.3) is 0 Å². The minimum absolute atomic E-state index is 0.124. The SMILES string of the molecule is C=CC(C1(C)CC1)S(=O)(=O)N1CC(O)C1. The third-order valence-electron chi connectivity index (χ3n) is 3.45. The highest BCUT2D eigenvalue weighted by Crippen LogP contribution is 2.51. The molecule has 2 rings (SSSR count). The zero-order valence-electron chi connectivity index (χ0n) is 8.89. The normalized spacial score (nSPS) is 28.1. The molecule has 2 aliphatic rings. The van der Waals surface area contributed by atoms with Crippen LogP contribution in [0, 0.1) is 5.41 Å². The molecule has 2 fully saturated rings. The fourth-order valence-electron chi connectivity index (χ4n) is 2.03. The van der Waals surface area contributed by atoms with E-state index in [2.05, 4.69) is 6.58 Å². The Balaban J connectivity index is 2.17. The van der Waals surface area contributed by atoms with Gasteiger partial charge in [0.1, 0.15) is 0 Å². The lowest BCUT2D eigenvalue weighted by molar-refractivity contribution is 0.0539. The second-order valence-corrected chi connectivity index (χ2v) is 6.88. The van der Waals surface area contributed by atoms with Crippen LogP contribution in [0.2, 0.25) is 0 Å². The van der Waals surface area contributed by atoms with E-state index in [4.69, 9.17) is 5.11 Å². The molecule has 5 heteroatoms. The van der Waals surface area contributed by atoms with Gasteiger partial charge in [0.25, 0.3) is 0 Å². The van der Waals surface area contributed by atoms with Crippen molar-refractivity contribution >= 4 is 10.0 Å². The minimum atomic E-state index is -3.29. The fraction of sp³-hybridized carbons (Fsp3) is 0.800. The highest BCUT2D eigenvalue weighted by Gasteiger charge is 2.52. The smallest absolute Gasteiger partial charge is 0.221 e. The van der Waals surface area contributed by atoms with Crippen LogP contribution < -0.4 is 0 Å². The van der Waals surface area contributed by atoms with E-state index in [0.29, 0.717) is 0 Å². The molecule has 86 valence electrons. The van der Waals surface area contributed by atoms with Gasteiger partial charge < -0.3 is 5.11 Å². The van der Waals surface area contributed by atoms with Gasteiger partial charge in [0, 0.05) is 13.1 Å². The average molecular weight is 231 g/mol. The standard InChI is InChI=1S/C10H17NO3S/c1-3-9(10(2)4-5-10)15(13,14)11-6-8(12)7-11/h3,8-9,12H,1,4-7H2,2H3. The van der Waals surface area contributed by atoms with Crippen LogP contribution in [-0.2, 0) is 10.0 Å². The summed E-state index contributed by atoms with van der Waals surface area (Å²) in [6, 6.07) is 0. The summed E-state index contributed by atoms with van der Waals surface area (Å²) in [4.78, 5) is 0. The molecule has 0 radical (unpaired) electrons. The monoisotopic (exact) mass is 231 g/mol. The first-order valence-corrected chi connectivity index (χ1v) is 6.70. The predicted octanol–water partition coefficient (Wildman–Crippen LogP) is 0.347. The molecular weight excluding hydrogens is 214 g/mol. The van der Waals surface area contributed by atoms with Crippen molar-refractivity contribution in [3.8, 4) is 0 Å². The van der Waals surface area contributed by atoms with Crippen molar-refractivity contribution in [3.63, 3.8) is 0 Å². The minimum Gasteiger partial charge on any atom is -0.390 e. The number of hydrogen-bond acceptors (Lipinski definition) is 3. The number of β-amino-alcohol motifs (C(OH)–C–C–N with tert-alkyl or cyclic N) is 1. The first-order chi connectivity index (χ1) is 6.90. The molecule has 0 amide bonds. The molecule has 15 heavy (non-hydrogen) atoms. The summed E-state index contributed by atoms with van der Waals surface area (Å²) in [5, 5.41) is 8.63. The Hall–Kier alpha value is -0.390. The number of sulfonamides is 1. The van der Waals surface area contributed by atoms with Crippen LogP contribution in [-0.4, -0.2) is 42.3 Å². The van der Waals surface area contributed by atoms with Gasteiger partial charge in [0.05, 0.1) is 11.4 Å². The van der Waals surface area contributed by atoms with Crippen LogP contribution in [0.15, 0.2) is 12.7 Å². The second kappa shape index (κ2) is 3.30. The molecule has 0 bridgehead atoms. The summed E-state index contributed by atoms with van der Waals surface area (Å²) < 4.78 is 25.6. The van der Waals surface area contributed by atoms with Crippen LogP contribution in [0.3, 0.4) is 0 Å². The molecule has 1 saturated carbocycles. The van der Waals surface area contributed by atoms with E-state index in [-0.39, 0.29) is 18.5 Å². The molecule has 1 aliphatic carbocycles. The van der Waals surface area contributed by atoms with Gasteiger partial charge >= 0.3 is 0 Å². The van der Waals surface area contributed by atoms with E-state index in [1.54, 1.807) is 0 Å². The Morgan fingerprint density at radius 3 is 2.40 bits per heavy atom. The summed E-state index contributed by atoms with van der Waals surface area (Å²) in [6.07, 6.45) is 2.93. The van der Waals surface area contributed by atoms with Crippen LogP contribution in [0.1, 0.15) is 19.8 Å². The van der Waals surface area contributed by atoms with Gasteiger partial charge in [-0.2, -0.15) is 4.31 Å². The number of hydrogen-bond donors (Lipinski definition) is 1. The predicted molar refractivity (Wildman–Crippen MR) is 57.8 cm³/mol. The van der Waals surface area contributed by atoms with Gasteiger partial charge in [0.15, 0.2) is 0 Å². The van der Waals surface area contributed by atoms with E-state index in [1.165, 1.54) is 10.4 Å². The summed E-state index contributed by atoms with van der Waals surface area (Å²) in [6.45, 7) is 6.08. The molecule has 1 heterocycles. The molecule has 1 atom stereocenters. The highest BCUT2D eigenvalue weighted by molar-refractivity contribution is 7.90. The molecule has 0 spiro atoms. The van der Waals surface area contributed by atoms with Gasteiger partial charge in [-0.15, -0.1) is 6.58 Å². The van der Waals surface area contributed by atoms with E-state index >= 15 is 0 Å². The lowest BCUT2D eigenvalue weighted by Gasteiger charge is -2.38. The topological polar surface area (TPSA) is 57.6 Å². The lowest BCUT2D eigenvalue weighted by atomic mass is 10.1. The summed E-state index contributed by atoms with van der Waals surface area (Å²) in [5.74, 6) is 0. The maximum Gasteiger partial charge on any atom is 0.221 e. The Morgan fingerprint density at radius 2 is 2.07 bits per heavy atom. The molecule has 1 saturated heterocycles. The Bertz CT molecular complexity index is 366. The maximum absolute atomic E-state index is 12.1. The van der Waals surface area contributed by atoms with Crippen molar-refractivity contribution in [1.82, 2.24) is 4.31 Å².